The maximum atomic E-state index is 12.7. The van der Waals surface area contributed by atoms with Gasteiger partial charge in [0.2, 0.25) is 10.0 Å². The molecule has 0 amide bonds. The maximum absolute atomic E-state index is 12.7. The molecule has 28 heavy (non-hydrogen) atoms. The van der Waals surface area contributed by atoms with Crippen LogP contribution in [0.3, 0.4) is 0 Å². The fourth-order valence-electron chi connectivity index (χ4n) is 3.00. The largest absolute Gasteiger partial charge is 0.244 e. The van der Waals surface area contributed by atoms with E-state index < -0.39 is 10.0 Å². The summed E-state index contributed by atoms with van der Waals surface area (Å²) in [5.41, 5.74) is 2.65. The number of aromatic nitrogens is 4. The molecule has 0 aliphatic carbocycles. The summed E-state index contributed by atoms with van der Waals surface area (Å²) in [5.74, 6) is 0.898. The van der Waals surface area contributed by atoms with E-state index >= 15 is 0 Å². The van der Waals surface area contributed by atoms with Gasteiger partial charge in [-0.25, -0.2) is 17.8 Å². The topological polar surface area (TPSA) is 89.8 Å². The summed E-state index contributed by atoms with van der Waals surface area (Å²) in [4.78, 5) is 0.199. The summed E-state index contributed by atoms with van der Waals surface area (Å²) in [6.07, 6.45) is 0.776. The van der Waals surface area contributed by atoms with Gasteiger partial charge >= 0.3 is 0 Å². The molecule has 3 aromatic rings. The van der Waals surface area contributed by atoms with Crippen molar-refractivity contribution in [1.82, 2.24) is 24.7 Å². The summed E-state index contributed by atoms with van der Waals surface area (Å²) in [5, 5.41) is 12.9. The Balaban J connectivity index is 1.89. The Morgan fingerprint density at radius 1 is 1.04 bits per heavy atom. The van der Waals surface area contributed by atoms with E-state index in [0.717, 1.165) is 17.7 Å². The Bertz CT molecular complexity index is 1040. The van der Waals surface area contributed by atoms with E-state index in [1.807, 2.05) is 36.4 Å². The molecule has 0 saturated carbocycles. The quantitative estimate of drug-likeness (QED) is 0.658. The predicted octanol–water partition coefficient (Wildman–Crippen LogP) is 3.27. The molecular weight excluding hydrogens is 374 g/mol. The summed E-state index contributed by atoms with van der Waals surface area (Å²) >= 11 is 0. The average molecular weight is 400 g/mol. The third-order valence-corrected chi connectivity index (χ3v) is 6.16. The van der Waals surface area contributed by atoms with E-state index in [-0.39, 0.29) is 4.90 Å². The predicted molar refractivity (Wildman–Crippen MR) is 109 cm³/mol. The minimum atomic E-state index is -3.64. The van der Waals surface area contributed by atoms with Gasteiger partial charge in [0, 0.05) is 12.1 Å². The SMILES string of the molecule is Cc1nn(-c2ccc(-c3ccccc3)nn2)c(C)c1S(=O)(=O)NCCC(C)C. The van der Waals surface area contributed by atoms with Crippen LogP contribution in [0.15, 0.2) is 47.4 Å². The molecule has 8 heteroatoms. The molecule has 1 N–H and O–H groups in total. The summed E-state index contributed by atoms with van der Waals surface area (Å²) < 4.78 is 29.7. The molecule has 1 aromatic carbocycles. The van der Waals surface area contributed by atoms with E-state index in [0.29, 0.717) is 29.7 Å². The minimum Gasteiger partial charge on any atom is -0.216 e. The first-order valence-electron chi connectivity index (χ1n) is 9.25. The van der Waals surface area contributed by atoms with Crippen LogP contribution in [0.25, 0.3) is 17.1 Å². The van der Waals surface area contributed by atoms with Crippen molar-refractivity contribution in [2.45, 2.75) is 39.0 Å². The molecule has 2 heterocycles. The summed E-state index contributed by atoms with van der Waals surface area (Å²) in [6, 6.07) is 13.4. The molecule has 3 rings (SSSR count). The summed E-state index contributed by atoms with van der Waals surface area (Å²) in [6.45, 7) is 7.92. The van der Waals surface area contributed by atoms with Crippen LogP contribution in [-0.4, -0.2) is 34.9 Å². The first-order chi connectivity index (χ1) is 13.3. The molecule has 0 unspecified atom stereocenters. The third kappa shape index (κ3) is 4.28. The van der Waals surface area contributed by atoms with Crippen LogP contribution >= 0.6 is 0 Å². The lowest BCUT2D eigenvalue weighted by Crippen LogP contribution is -2.26. The molecule has 2 aromatic heterocycles. The van der Waals surface area contributed by atoms with Gasteiger partial charge in [0.15, 0.2) is 5.82 Å². The number of hydrogen-bond acceptors (Lipinski definition) is 5. The zero-order valence-electron chi connectivity index (χ0n) is 16.5. The fourth-order valence-corrected chi connectivity index (χ4v) is 4.43. The normalized spacial score (nSPS) is 11.9. The van der Waals surface area contributed by atoms with Crippen molar-refractivity contribution in [3.8, 4) is 17.1 Å². The lowest BCUT2D eigenvalue weighted by Gasteiger charge is -2.09. The lowest BCUT2D eigenvalue weighted by atomic mass is 10.1. The van der Waals surface area contributed by atoms with Gasteiger partial charge in [-0.3, -0.25) is 0 Å². The fraction of sp³-hybridized carbons (Fsp3) is 0.350. The number of nitrogens with zero attached hydrogens (tertiary/aromatic N) is 4. The van der Waals surface area contributed by atoms with Gasteiger partial charge in [-0.2, -0.15) is 5.10 Å². The van der Waals surface area contributed by atoms with Crippen LogP contribution in [0.5, 0.6) is 0 Å². The average Bonchev–Trinajstić information content (AvgIpc) is 2.97. The monoisotopic (exact) mass is 399 g/mol. The molecule has 7 nitrogen and oxygen atoms in total. The summed E-state index contributed by atoms with van der Waals surface area (Å²) in [7, 11) is -3.64. The van der Waals surface area contributed by atoms with E-state index in [2.05, 4.69) is 33.9 Å². The molecule has 0 atom stereocenters. The Labute approximate surface area is 165 Å². The van der Waals surface area contributed by atoms with Crippen molar-refractivity contribution >= 4 is 10.0 Å². The number of sulfonamides is 1. The minimum absolute atomic E-state index is 0.199. The van der Waals surface area contributed by atoms with Crippen LogP contribution in [0.2, 0.25) is 0 Å². The van der Waals surface area contributed by atoms with Crippen molar-refractivity contribution in [1.29, 1.82) is 0 Å². The Morgan fingerprint density at radius 2 is 1.75 bits per heavy atom. The van der Waals surface area contributed by atoms with Gasteiger partial charge in [-0.1, -0.05) is 44.2 Å². The number of aryl methyl sites for hydroxylation is 1. The highest BCUT2D eigenvalue weighted by Crippen LogP contribution is 2.22. The molecule has 0 bridgehead atoms. The number of hydrogen-bond donors (Lipinski definition) is 1. The molecule has 0 aliphatic heterocycles. The van der Waals surface area contributed by atoms with Crippen LogP contribution in [-0.2, 0) is 10.0 Å². The van der Waals surface area contributed by atoms with E-state index in [1.54, 1.807) is 19.9 Å². The molecule has 148 valence electrons. The first kappa shape index (κ1) is 20.2. The smallest absolute Gasteiger partial charge is 0.216 e. The van der Waals surface area contributed by atoms with Crippen LogP contribution in [0, 0.1) is 19.8 Å². The van der Waals surface area contributed by atoms with E-state index in [4.69, 9.17) is 0 Å². The van der Waals surface area contributed by atoms with E-state index in [1.165, 1.54) is 4.68 Å². The second-order valence-electron chi connectivity index (χ2n) is 7.13. The maximum Gasteiger partial charge on any atom is 0.244 e. The standard InChI is InChI=1S/C20H25N5O2S/c1-14(2)12-13-21-28(26,27)20-15(3)24-25(16(20)4)19-11-10-18(22-23-19)17-8-6-5-7-9-17/h5-11,14,21H,12-13H2,1-4H3. The van der Waals surface area contributed by atoms with Crippen LogP contribution in [0.4, 0.5) is 0 Å². The van der Waals surface area contributed by atoms with Gasteiger partial charge in [0.25, 0.3) is 0 Å². The highest BCUT2D eigenvalue weighted by atomic mass is 32.2. The Morgan fingerprint density at radius 3 is 2.36 bits per heavy atom. The Hall–Kier alpha value is -2.58. The highest BCUT2D eigenvalue weighted by Gasteiger charge is 2.25. The van der Waals surface area contributed by atoms with Gasteiger partial charge < -0.3 is 0 Å². The number of nitrogens with one attached hydrogen (secondary N) is 1. The van der Waals surface area contributed by atoms with Crippen molar-refractivity contribution in [3.63, 3.8) is 0 Å². The van der Waals surface area contributed by atoms with Gasteiger partial charge in [0.1, 0.15) is 4.90 Å². The second-order valence-corrected chi connectivity index (χ2v) is 8.84. The van der Waals surface area contributed by atoms with Crippen molar-refractivity contribution < 1.29 is 8.42 Å². The van der Waals surface area contributed by atoms with Crippen molar-refractivity contribution in [2.24, 2.45) is 5.92 Å². The van der Waals surface area contributed by atoms with Crippen LogP contribution in [0.1, 0.15) is 31.7 Å². The van der Waals surface area contributed by atoms with Crippen LogP contribution < -0.4 is 4.72 Å². The van der Waals surface area contributed by atoms with Gasteiger partial charge in [-0.05, 0) is 38.3 Å². The molecular formula is C20H25N5O2S. The van der Waals surface area contributed by atoms with E-state index in [9.17, 15) is 8.42 Å². The molecule has 0 aliphatic rings. The van der Waals surface area contributed by atoms with Crippen molar-refractivity contribution in [3.05, 3.63) is 53.9 Å². The number of benzene rings is 1. The Kier molecular flexibility index (Phi) is 5.90. The second kappa shape index (κ2) is 8.20. The van der Waals surface area contributed by atoms with Gasteiger partial charge in [-0.15, -0.1) is 10.2 Å². The third-order valence-electron chi connectivity index (χ3n) is 4.44. The molecule has 0 radical (unpaired) electrons. The highest BCUT2D eigenvalue weighted by molar-refractivity contribution is 7.89. The van der Waals surface area contributed by atoms with Gasteiger partial charge in [0.05, 0.1) is 17.1 Å². The van der Waals surface area contributed by atoms with Crippen molar-refractivity contribution in [2.75, 3.05) is 6.54 Å². The first-order valence-corrected chi connectivity index (χ1v) is 10.7. The molecule has 0 fully saturated rings. The molecule has 0 spiro atoms. The zero-order valence-corrected chi connectivity index (χ0v) is 17.4. The molecule has 0 saturated heterocycles. The lowest BCUT2D eigenvalue weighted by molar-refractivity contribution is 0.551. The zero-order chi connectivity index (χ0) is 20.3. The number of rotatable bonds is 7.